The Hall–Kier alpha value is -0.590. The first-order chi connectivity index (χ1) is 8.44. The van der Waals surface area contributed by atoms with E-state index >= 15 is 0 Å². The molecule has 0 aliphatic heterocycles. The standard InChI is InChI=1S/C12H19BrN2O2S/c1-10-5-6-11(13)9-12(10)15-18(16,17)8-4-3-7-14-2/h5-6,9,14-15H,3-4,7-8H2,1-2H3. The van der Waals surface area contributed by atoms with Crippen LogP contribution in [0, 0.1) is 6.92 Å². The Balaban J connectivity index is 2.62. The number of benzene rings is 1. The molecule has 0 aliphatic rings. The zero-order valence-electron chi connectivity index (χ0n) is 10.7. The minimum Gasteiger partial charge on any atom is -0.320 e. The number of hydrogen-bond acceptors (Lipinski definition) is 3. The fourth-order valence-corrected chi connectivity index (χ4v) is 3.12. The highest BCUT2D eigenvalue weighted by atomic mass is 79.9. The third-order valence-electron chi connectivity index (χ3n) is 2.55. The number of aryl methyl sites for hydroxylation is 1. The average molecular weight is 335 g/mol. The lowest BCUT2D eigenvalue weighted by Crippen LogP contribution is -2.18. The van der Waals surface area contributed by atoms with Crippen LogP contribution in [0.15, 0.2) is 22.7 Å². The highest BCUT2D eigenvalue weighted by Gasteiger charge is 2.11. The highest BCUT2D eigenvalue weighted by Crippen LogP contribution is 2.21. The predicted molar refractivity (Wildman–Crippen MR) is 79.4 cm³/mol. The molecule has 102 valence electrons. The van der Waals surface area contributed by atoms with Gasteiger partial charge in [0.25, 0.3) is 0 Å². The molecule has 1 rings (SSSR count). The molecule has 1 aromatic rings. The van der Waals surface area contributed by atoms with Gasteiger partial charge in [0.2, 0.25) is 10.0 Å². The minimum absolute atomic E-state index is 0.153. The van der Waals surface area contributed by atoms with Gasteiger partial charge >= 0.3 is 0 Å². The number of unbranched alkanes of at least 4 members (excludes halogenated alkanes) is 1. The molecule has 0 bridgehead atoms. The molecular formula is C12H19BrN2O2S. The molecule has 0 unspecified atom stereocenters. The van der Waals surface area contributed by atoms with Gasteiger partial charge in [-0.1, -0.05) is 22.0 Å². The molecule has 0 saturated carbocycles. The molecule has 0 spiro atoms. The van der Waals surface area contributed by atoms with E-state index in [1.54, 1.807) is 6.07 Å². The highest BCUT2D eigenvalue weighted by molar-refractivity contribution is 9.10. The second-order valence-electron chi connectivity index (χ2n) is 4.19. The molecule has 0 heterocycles. The Labute approximate surface area is 117 Å². The predicted octanol–water partition coefficient (Wildman–Crippen LogP) is 2.50. The van der Waals surface area contributed by atoms with Gasteiger partial charge in [-0.25, -0.2) is 8.42 Å². The summed E-state index contributed by atoms with van der Waals surface area (Å²) < 4.78 is 27.2. The molecule has 4 nitrogen and oxygen atoms in total. The van der Waals surface area contributed by atoms with Gasteiger partial charge in [0, 0.05) is 4.47 Å². The topological polar surface area (TPSA) is 58.2 Å². The fraction of sp³-hybridized carbons (Fsp3) is 0.500. The summed E-state index contributed by atoms with van der Waals surface area (Å²) in [6.07, 6.45) is 1.51. The number of hydrogen-bond donors (Lipinski definition) is 2. The molecule has 0 aliphatic carbocycles. The van der Waals surface area contributed by atoms with Crippen LogP contribution in [0.25, 0.3) is 0 Å². The summed E-state index contributed by atoms with van der Waals surface area (Å²) in [4.78, 5) is 0. The van der Waals surface area contributed by atoms with E-state index in [-0.39, 0.29) is 5.75 Å². The maximum Gasteiger partial charge on any atom is 0.232 e. The molecule has 6 heteroatoms. The first-order valence-electron chi connectivity index (χ1n) is 5.86. The number of anilines is 1. The molecule has 1 aromatic carbocycles. The molecule has 0 atom stereocenters. The SMILES string of the molecule is CNCCCCS(=O)(=O)Nc1cc(Br)ccc1C. The molecule has 2 N–H and O–H groups in total. The first-order valence-corrected chi connectivity index (χ1v) is 8.30. The van der Waals surface area contributed by atoms with Crippen LogP contribution in [-0.2, 0) is 10.0 Å². The molecule has 18 heavy (non-hydrogen) atoms. The summed E-state index contributed by atoms with van der Waals surface area (Å²) in [5, 5.41) is 3.00. The summed E-state index contributed by atoms with van der Waals surface area (Å²) in [5.41, 5.74) is 1.55. The Bertz CT molecular complexity index is 489. The summed E-state index contributed by atoms with van der Waals surface area (Å²) in [6.45, 7) is 2.72. The maximum absolute atomic E-state index is 11.9. The van der Waals surface area contributed by atoms with Crippen LogP contribution in [0.2, 0.25) is 0 Å². The second-order valence-corrected chi connectivity index (χ2v) is 6.95. The van der Waals surface area contributed by atoms with Gasteiger partial charge < -0.3 is 5.32 Å². The van der Waals surface area contributed by atoms with E-state index < -0.39 is 10.0 Å². The summed E-state index contributed by atoms with van der Waals surface area (Å²) >= 11 is 3.33. The van der Waals surface area contributed by atoms with Gasteiger partial charge in [0.15, 0.2) is 0 Å². The van der Waals surface area contributed by atoms with Gasteiger partial charge in [-0.05, 0) is 51.1 Å². The van der Waals surface area contributed by atoms with Crippen molar-refractivity contribution >= 4 is 31.6 Å². The van der Waals surface area contributed by atoms with Crippen molar-refractivity contribution in [3.05, 3.63) is 28.2 Å². The van der Waals surface area contributed by atoms with Crippen molar-refractivity contribution in [3.63, 3.8) is 0 Å². The first kappa shape index (κ1) is 15.5. The van der Waals surface area contributed by atoms with E-state index in [4.69, 9.17) is 0 Å². The molecule has 0 amide bonds. The van der Waals surface area contributed by atoms with Gasteiger partial charge in [0.1, 0.15) is 0 Å². The zero-order chi connectivity index (χ0) is 13.6. The van der Waals surface area contributed by atoms with Crippen molar-refractivity contribution in [3.8, 4) is 0 Å². The van der Waals surface area contributed by atoms with E-state index in [1.165, 1.54) is 0 Å². The lowest BCUT2D eigenvalue weighted by molar-refractivity contribution is 0.595. The molecule has 0 radical (unpaired) electrons. The van der Waals surface area contributed by atoms with Crippen LogP contribution < -0.4 is 10.0 Å². The maximum atomic E-state index is 11.9. The fourth-order valence-electron chi connectivity index (χ4n) is 1.52. The molecule has 0 saturated heterocycles. The van der Waals surface area contributed by atoms with E-state index in [0.717, 1.165) is 23.0 Å². The molecule has 0 aromatic heterocycles. The number of sulfonamides is 1. The molecule has 0 fully saturated rings. The van der Waals surface area contributed by atoms with Gasteiger partial charge in [-0.15, -0.1) is 0 Å². The van der Waals surface area contributed by atoms with E-state index in [1.807, 2.05) is 26.1 Å². The monoisotopic (exact) mass is 334 g/mol. The third kappa shape index (κ3) is 5.37. The lowest BCUT2D eigenvalue weighted by atomic mass is 10.2. The zero-order valence-corrected chi connectivity index (χ0v) is 13.1. The minimum atomic E-state index is -3.25. The van der Waals surface area contributed by atoms with E-state index in [0.29, 0.717) is 12.1 Å². The third-order valence-corrected chi connectivity index (χ3v) is 4.41. The number of rotatable bonds is 7. The Morgan fingerprint density at radius 2 is 2.00 bits per heavy atom. The van der Waals surface area contributed by atoms with Crippen molar-refractivity contribution in [2.45, 2.75) is 19.8 Å². The summed E-state index contributed by atoms with van der Waals surface area (Å²) in [7, 11) is -1.39. The normalized spacial score (nSPS) is 11.5. The van der Waals surface area contributed by atoms with Crippen LogP contribution >= 0.6 is 15.9 Å². The summed E-state index contributed by atoms with van der Waals surface area (Å²) in [5.74, 6) is 0.153. The van der Waals surface area contributed by atoms with Crippen molar-refractivity contribution in [1.82, 2.24) is 5.32 Å². The smallest absolute Gasteiger partial charge is 0.232 e. The van der Waals surface area contributed by atoms with Crippen LogP contribution in [0.5, 0.6) is 0 Å². The Morgan fingerprint density at radius 3 is 2.67 bits per heavy atom. The summed E-state index contributed by atoms with van der Waals surface area (Å²) in [6, 6.07) is 5.55. The van der Waals surface area contributed by atoms with Crippen LogP contribution in [0.3, 0.4) is 0 Å². The van der Waals surface area contributed by atoms with E-state index in [9.17, 15) is 8.42 Å². The van der Waals surface area contributed by atoms with Crippen molar-refractivity contribution in [2.24, 2.45) is 0 Å². The van der Waals surface area contributed by atoms with Crippen LogP contribution in [-0.4, -0.2) is 27.8 Å². The van der Waals surface area contributed by atoms with Gasteiger partial charge in [-0.2, -0.15) is 0 Å². The van der Waals surface area contributed by atoms with E-state index in [2.05, 4.69) is 26.0 Å². The number of halogens is 1. The molecular weight excluding hydrogens is 316 g/mol. The van der Waals surface area contributed by atoms with Gasteiger partial charge in [-0.3, -0.25) is 4.72 Å². The second kappa shape index (κ2) is 7.11. The average Bonchev–Trinajstić information content (AvgIpc) is 2.29. The van der Waals surface area contributed by atoms with Crippen molar-refractivity contribution in [1.29, 1.82) is 0 Å². The quantitative estimate of drug-likeness (QED) is 0.753. The van der Waals surface area contributed by atoms with Crippen LogP contribution in [0.4, 0.5) is 5.69 Å². The Morgan fingerprint density at radius 1 is 1.28 bits per heavy atom. The van der Waals surface area contributed by atoms with Gasteiger partial charge in [0.05, 0.1) is 11.4 Å². The van der Waals surface area contributed by atoms with Crippen molar-refractivity contribution < 1.29 is 8.42 Å². The van der Waals surface area contributed by atoms with Crippen LogP contribution in [0.1, 0.15) is 18.4 Å². The Kier molecular flexibility index (Phi) is 6.11. The lowest BCUT2D eigenvalue weighted by Gasteiger charge is -2.10. The van der Waals surface area contributed by atoms with Crippen molar-refractivity contribution in [2.75, 3.05) is 24.1 Å². The number of nitrogens with one attached hydrogen (secondary N) is 2. The largest absolute Gasteiger partial charge is 0.320 e.